The highest BCUT2D eigenvalue weighted by Crippen LogP contribution is 2.52. The second-order valence-corrected chi connectivity index (χ2v) is 5.29. The van der Waals surface area contributed by atoms with Gasteiger partial charge in [-0.1, -0.05) is 13.3 Å². The molecule has 0 amide bonds. The van der Waals surface area contributed by atoms with Gasteiger partial charge in [0.15, 0.2) is 0 Å². The molecule has 0 atom stereocenters. The van der Waals surface area contributed by atoms with Crippen molar-refractivity contribution in [2.75, 3.05) is 6.61 Å². The number of unbranched alkanes of at least 4 members (excludes halogenated alkanes) is 1. The summed E-state index contributed by atoms with van der Waals surface area (Å²) in [4.78, 5) is 11.2. The molecular formula is C13H22O2. The summed E-state index contributed by atoms with van der Waals surface area (Å²) in [6.45, 7) is 3.12. The van der Waals surface area contributed by atoms with E-state index in [9.17, 15) is 4.79 Å². The van der Waals surface area contributed by atoms with E-state index in [1.807, 2.05) is 0 Å². The SMILES string of the molecule is CCCCOC1CC2(CCC(=O)CC2)C1. The van der Waals surface area contributed by atoms with Crippen molar-refractivity contribution in [2.45, 2.75) is 64.4 Å². The van der Waals surface area contributed by atoms with Gasteiger partial charge in [-0.3, -0.25) is 4.79 Å². The summed E-state index contributed by atoms with van der Waals surface area (Å²) in [5.74, 6) is 0.468. The number of ketones is 1. The number of hydrogen-bond donors (Lipinski definition) is 0. The minimum atomic E-state index is 0.468. The van der Waals surface area contributed by atoms with E-state index < -0.39 is 0 Å². The van der Waals surface area contributed by atoms with Gasteiger partial charge in [0.25, 0.3) is 0 Å². The van der Waals surface area contributed by atoms with Gasteiger partial charge in [0.1, 0.15) is 5.78 Å². The Labute approximate surface area is 92.4 Å². The zero-order valence-electron chi connectivity index (χ0n) is 9.76. The van der Waals surface area contributed by atoms with E-state index in [4.69, 9.17) is 4.74 Å². The van der Waals surface area contributed by atoms with Crippen molar-refractivity contribution in [3.05, 3.63) is 0 Å². The van der Waals surface area contributed by atoms with Crippen LogP contribution in [0.3, 0.4) is 0 Å². The molecule has 2 aliphatic carbocycles. The fourth-order valence-electron chi connectivity index (χ4n) is 2.89. The molecule has 0 N–H and O–H groups in total. The monoisotopic (exact) mass is 210 g/mol. The molecule has 2 rings (SSSR count). The van der Waals surface area contributed by atoms with Crippen molar-refractivity contribution in [2.24, 2.45) is 5.41 Å². The van der Waals surface area contributed by atoms with E-state index in [-0.39, 0.29) is 0 Å². The van der Waals surface area contributed by atoms with E-state index in [1.165, 1.54) is 25.7 Å². The van der Waals surface area contributed by atoms with E-state index in [1.54, 1.807) is 0 Å². The second kappa shape index (κ2) is 4.65. The third-order valence-electron chi connectivity index (χ3n) is 4.04. The van der Waals surface area contributed by atoms with E-state index in [2.05, 4.69) is 6.92 Å². The number of ether oxygens (including phenoxy) is 1. The molecule has 0 aromatic rings. The summed E-state index contributed by atoms with van der Waals surface area (Å²) in [5, 5.41) is 0. The molecule has 0 heterocycles. The maximum atomic E-state index is 11.2. The number of rotatable bonds is 4. The summed E-state index contributed by atoms with van der Waals surface area (Å²) in [5.41, 5.74) is 0.505. The molecule has 2 aliphatic rings. The Morgan fingerprint density at radius 2 is 2.00 bits per heavy atom. The molecule has 1 spiro atoms. The lowest BCUT2D eigenvalue weighted by Gasteiger charge is -2.49. The van der Waals surface area contributed by atoms with Crippen LogP contribution in [0.1, 0.15) is 58.3 Å². The summed E-state index contributed by atoms with van der Waals surface area (Å²) < 4.78 is 5.79. The van der Waals surface area contributed by atoms with Crippen molar-refractivity contribution in [1.82, 2.24) is 0 Å². The lowest BCUT2D eigenvalue weighted by molar-refractivity contribution is -0.131. The fourth-order valence-corrected chi connectivity index (χ4v) is 2.89. The van der Waals surface area contributed by atoms with Crippen molar-refractivity contribution in [1.29, 1.82) is 0 Å². The maximum absolute atomic E-state index is 11.2. The molecule has 0 radical (unpaired) electrons. The van der Waals surface area contributed by atoms with Crippen molar-refractivity contribution >= 4 is 5.78 Å². The molecule has 0 saturated heterocycles. The number of carbonyl (C=O) groups is 1. The highest BCUT2D eigenvalue weighted by atomic mass is 16.5. The second-order valence-electron chi connectivity index (χ2n) is 5.29. The number of carbonyl (C=O) groups excluding carboxylic acids is 1. The molecule has 0 aromatic carbocycles. The van der Waals surface area contributed by atoms with Crippen LogP contribution in [0.5, 0.6) is 0 Å². The van der Waals surface area contributed by atoms with Crippen LogP contribution < -0.4 is 0 Å². The third kappa shape index (κ3) is 2.60. The highest BCUT2D eigenvalue weighted by Gasteiger charge is 2.46. The van der Waals surface area contributed by atoms with E-state index in [0.717, 1.165) is 32.3 Å². The Kier molecular flexibility index (Phi) is 3.45. The first kappa shape index (κ1) is 11.1. The van der Waals surface area contributed by atoms with Crippen LogP contribution in [-0.2, 0) is 9.53 Å². The third-order valence-corrected chi connectivity index (χ3v) is 4.04. The van der Waals surface area contributed by atoms with Crippen LogP contribution in [0.4, 0.5) is 0 Å². The summed E-state index contributed by atoms with van der Waals surface area (Å²) in [6.07, 6.45) is 9.22. The van der Waals surface area contributed by atoms with Gasteiger partial charge >= 0.3 is 0 Å². The maximum Gasteiger partial charge on any atom is 0.132 e. The molecule has 15 heavy (non-hydrogen) atoms. The van der Waals surface area contributed by atoms with Gasteiger partial charge in [0.05, 0.1) is 6.10 Å². The lowest BCUT2D eigenvalue weighted by Crippen LogP contribution is -2.44. The summed E-state index contributed by atoms with van der Waals surface area (Å²) >= 11 is 0. The van der Waals surface area contributed by atoms with Gasteiger partial charge < -0.3 is 4.74 Å². The Bertz CT molecular complexity index is 217. The van der Waals surface area contributed by atoms with Gasteiger partial charge in [-0.05, 0) is 37.5 Å². The molecule has 86 valence electrons. The van der Waals surface area contributed by atoms with Crippen molar-refractivity contribution in [3.63, 3.8) is 0 Å². The molecule has 0 aromatic heterocycles. The molecule has 0 unspecified atom stereocenters. The molecule has 2 heteroatoms. The summed E-state index contributed by atoms with van der Waals surface area (Å²) in [7, 11) is 0. The van der Waals surface area contributed by atoms with Crippen molar-refractivity contribution in [3.8, 4) is 0 Å². The Morgan fingerprint density at radius 3 is 2.60 bits per heavy atom. The van der Waals surface area contributed by atoms with Crippen molar-refractivity contribution < 1.29 is 9.53 Å². The van der Waals surface area contributed by atoms with Gasteiger partial charge in [-0.15, -0.1) is 0 Å². The first-order chi connectivity index (χ1) is 7.24. The van der Waals surface area contributed by atoms with Crippen LogP contribution in [-0.4, -0.2) is 18.5 Å². The molecular weight excluding hydrogens is 188 g/mol. The van der Waals surface area contributed by atoms with Crippen LogP contribution in [0.15, 0.2) is 0 Å². The zero-order valence-corrected chi connectivity index (χ0v) is 9.76. The van der Waals surface area contributed by atoms with Gasteiger partial charge in [-0.25, -0.2) is 0 Å². The standard InChI is InChI=1S/C13H22O2/c1-2-3-8-15-12-9-13(10-12)6-4-11(14)5-7-13/h12H,2-10H2,1H3. The quantitative estimate of drug-likeness (QED) is 0.666. The van der Waals surface area contributed by atoms with Gasteiger partial charge in [0.2, 0.25) is 0 Å². The first-order valence-electron chi connectivity index (χ1n) is 6.37. The average molecular weight is 210 g/mol. The highest BCUT2D eigenvalue weighted by molar-refractivity contribution is 5.79. The van der Waals surface area contributed by atoms with Gasteiger partial charge in [-0.2, -0.15) is 0 Å². The smallest absolute Gasteiger partial charge is 0.132 e. The first-order valence-corrected chi connectivity index (χ1v) is 6.37. The Hall–Kier alpha value is -0.370. The molecule has 2 nitrogen and oxygen atoms in total. The molecule has 2 saturated carbocycles. The lowest BCUT2D eigenvalue weighted by atomic mass is 9.59. The number of hydrogen-bond acceptors (Lipinski definition) is 2. The molecule has 2 fully saturated rings. The van der Waals surface area contributed by atoms with E-state index in [0.29, 0.717) is 17.3 Å². The topological polar surface area (TPSA) is 26.3 Å². The van der Waals surface area contributed by atoms with Crippen LogP contribution in [0, 0.1) is 5.41 Å². The number of Topliss-reactive ketones (excluding diaryl/α,β-unsaturated/α-hetero) is 1. The normalized spacial score (nSPS) is 25.5. The predicted octanol–water partition coefficient (Wildman–Crippen LogP) is 3.10. The predicted molar refractivity (Wildman–Crippen MR) is 59.8 cm³/mol. The Balaban J connectivity index is 1.66. The van der Waals surface area contributed by atoms with Crippen LogP contribution in [0.2, 0.25) is 0 Å². The minimum Gasteiger partial charge on any atom is -0.378 e. The molecule has 0 aliphatic heterocycles. The largest absolute Gasteiger partial charge is 0.378 e. The average Bonchev–Trinajstić information content (AvgIpc) is 2.19. The molecule has 0 bridgehead atoms. The van der Waals surface area contributed by atoms with Gasteiger partial charge in [0, 0.05) is 19.4 Å². The fraction of sp³-hybridized carbons (Fsp3) is 0.923. The summed E-state index contributed by atoms with van der Waals surface area (Å²) in [6, 6.07) is 0. The van der Waals surface area contributed by atoms with Crippen LogP contribution in [0.25, 0.3) is 0 Å². The zero-order chi connectivity index (χ0) is 10.7. The van der Waals surface area contributed by atoms with E-state index >= 15 is 0 Å². The van der Waals surface area contributed by atoms with Crippen LogP contribution >= 0.6 is 0 Å². The minimum absolute atomic E-state index is 0.468. The Morgan fingerprint density at radius 1 is 1.33 bits per heavy atom.